The third-order valence-corrected chi connectivity index (χ3v) is 6.94. The van der Waals surface area contributed by atoms with E-state index in [9.17, 15) is 0 Å². The van der Waals surface area contributed by atoms with E-state index < -0.39 is 0 Å². The number of benzene rings is 5. The van der Waals surface area contributed by atoms with Crippen molar-refractivity contribution in [3.05, 3.63) is 161 Å². The lowest BCUT2D eigenvalue weighted by atomic mass is 9.83. The zero-order chi connectivity index (χ0) is 25.5. The molecule has 5 rings (SSSR count). The molecule has 0 aliphatic rings. The van der Waals surface area contributed by atoms with Gasteiger partial charge < -0.3 is 4.74 Å². The van der Waals surface area contributed by atoms with Gasteiger partial charge in [-0.2, -0.15) is 0 Å². The zero-order valence-electron chi connectivity index (χ0n) is 21.7. The summed E-state index contributed by atoms with van der Waals surface area (Å²) in [6, 6.07) is 47.5. The average Bonchev–Trinajstić information content (AvgIpc) is 2.93. The number of aryl methyl sites for hydroxylation is 2. The molecule has 0 radical (unpaired) electrons. The molecule has 0 aromatic heterocycles. The smallest absolute Gasteiger partial charge is 0.119 e. The van der Waals surface area contributed by atoms with Gasteiger partial charge in [0, 0.05) is 12.3 Å². The molecular weight excluding hydrogens is 448 g/mol. The molecule has 0 heterocycles. The minimum absolute atomic E-state index is 0.0202. The number of ether oxygens (including phenoxy) is 1. The van der Waals surface area contributed by atoms with Crippen molar-refractivity contribution in [3.8, 4) is 16.9 Å². The van der Waals surface area contributed by atoms with Gasteiger partial charge in [-0.3, -0.25) is 0 Å². The predicted octanol–water partition coefficient (Wildman–Crippen LogP) is 8.99. The van der Waals surface area contributed by atoms with E-state index in [1.165, 1.54) is 38.9 Å². The van der Waals surface area contributed by atoms with Crippen LogP contribution in [0.1, 0.15) is 33.7 Å². The highest BCUT2D eigenvalue weighted by Gasteiger charge is 2.26. The number of rotatable bonds is 9. The Morgan fingerprint density at radius 1 is 0.514 bits per heavy atom. The van der Waals surface area contributed by atoms with E-state index in [0.29, 0.717) is 0 Å². The molecule has 5 aromatic rings. The summed E-state index contributed by atoms with van der Waals surface area (Å²) in [5, 5.41) is 0. The van der Waals surface area contributed by atoms with Crippen molar-refractivity contribution in [2.24, 2.45) is 0 Å². The molecule has 184 valence electrons. The van der Waals surface area contributed by atoms with Crippen LogP contribution in [0.15, 0.2) is 133 Å². The van der Waals surface area contributed by atoms with Gasteiger partial charge in [0.05, 0.1) is 0 Å². The van der Waals surface area contributed by atoms with Crippen LogP contribution < -0.4 is 4.74 Å². The van der Waals surface area contributed by atoms with Crippen molar-refractivity contribution < 1.29 is 4.74 Å². The van der Waals surface area contributed by atoms with Gasteiger partial charge in [0.2, 0.25) is 0 Å². The molecule has 37 heavy (non-hydrogen) atoms. The summed E-state index contributed by atoms with van der Waals surface area (Å²) in [6.45, 7) is 4.37. The molecule has 0 bridgehead atoms. The van der Waals surface area contributed by atoms with Crippen LogP contribution in [0.2, 0.25) is 0 Å². The van der Waals surface area contributed by atoms with Gasteiger partial charge in [0.15, 0.2) is 0 Å². The fourth-order valence-electron chi connectivity index (χ4n) is 5.24. The lowest BCUT2D eigenvalue weighted by Crippen LogP contribution is -2.29. The lowest BCUT2D eigenvalue weighted by molar-refractivity contribution is 0.168. The van der Waals surface area contributed by atoms with E-state index in [4.69, 9.17) is 4.74 Å². The summed E-state index contributed by atoms with van der Waals surface area (Å²) in [4.78, 5) is 0. The van der Waals surface area contributed by atoms with Gasteiger partial charge in [0.25, 0.3) is 0 Å². The first-order valence-electron chi connectivity index (χ1n) is 13.1. The highest BCUT2D eigenvalue weighted by molar-refractivity contribution is 5.63. The molecule has 0 amide bonds. The molecule has 0 saturated heterocycles. The number of hydrogen-bond donors (Lipinski definition) is 0. The third kappa shape index (κ3) is 6.57. The summed E-state index contributed by atoms with van der Waals surface area (Å²) < 4.78 is 6.78. The molecule has 0 aliphatic heterocycles. The van der Waals surface area contributed by atoms with Crippen LogP contribution in [0.5, 0.6) is 5.75 Å². The Morgan fingerprint density at radius 3 is 1.68 bits per heavy atom. The predicted molar refractivity (Wildman–Crippen MR) is 155 cm³/mol. The third-order valence-electron chi connectivity index (χ3n) is 6.94. The van der Waals surface area contributed by atoms with Crippen LogP contribution in [0.4, 0.5) is 0 Å². The van der Waals surface area contributed by atoms with Gasteiger partial charge in [-0.05, 0) is 60.2 Å². The Morgan fingerprint density at radius 2 is 1.05 bits per heavy atom. The molecule has 0 N–H and O–H groups in total. The van der Waals surface area contributed by atoms with Crippen molar-refractivity contribution in [3.63, 3.8) is 0 Å². The second-order valence-electron chi connectivity index (χ2n) is 9.95. The quantitative estimate of drug-likeness (QED) is 0.204. The highest BCUT2D eigenvalue weighted by Crippen LogP contribution is 2.32. The van der Waals surface area contributed by atoms with E-state index in [1.54, 1.807) is 0 Å². The second-order valence-corrected chi connectivity index (χ2v) is 9.95. The van der Waals surface area contributed by atoms with E-state index in [2.05, 4.69) is 129 Å². The Kier molecular flexibility index (Phi) is 7.81. The van der Waals surface area contributed by atoms with Crippen molar-refractivity contribution in [1.29, 1.82) is 0 Å². The Balaban J connectivity index is 1.54. The van der Waals surface area contributed by atoms with Crippen LogP contribution >= 0.6 is 0 Å². The van der Waals surface area contributed by atoms with Crippen molar-refractivity contribution >= 4 is 0 Å². The Bertz CT molecular complexity index is 1330. The van der Waals surface area contributed by atoms with Gasteiger partial charge in [0.1, 0.15) is 11.9 Å². The van der Waals surface area contributed by atoms with Crippen LogP contribution in [0.25, 0.3) is 11.1 Å². The van der Waals surface area contributed by atoms with Crippen LogP contribution in [0, 0.1) is 13.8 Å². The lowest BCUT2D eigenvalue weighted by Gasteiger charge is -2.29. The monoisotopic (exact) mass is 482 g/mol. The summed E-state index contributed by atoms with van der Waals surface area (Å²) in [7, 11) is 0. The first-order chi connectivity index (χ1) is 18.1. The molecular formula is C36H34O. The Labute approximate surface area is 221 Å². The first kappa shape index (κ1) is 24.6. The molecule has 1 heteroatoms. The van der Waals surface area contributed by atoms with Crippen LogP contribution in [0.3, 0.4) is 0 Å². The molecule has 0 aliphatic carbocycles. The topological polar surface area (TPSA) is 9.23 Å². The van der Waals surface area contributed by atoms with E-state index >= 15 is 0 Å². The van der Waals surface area contributed by atoms with E-state index in [0.717, 1.165) is 18.6 Å². The molecule has 0 fully saturated rings. The second kappa shape index (κ2) is 11.8. The van der Waals surface area contributed by atoms with Crippen molar-refractivity contribution in [2.75, 3.05) is 0 Å². The van der Waals surface area contributed by atoms with Gasteiger partial charge in [-0.15, -0.1) is 0 Å². The SMILES string of the molecule is Cc1cc(C)cc(CC(c2ccc(-c3ccccc3)cc2)C(Cc2ccccc2)Oc2ccccc2)c1. The maximum Gasteiger partial charge on any atom is 0.119 e. The number of hydrogen-bond acceptors (Lipinski definition) is 1. The average molecular weight is 483 g/mol. The highest BCUT2D eigenvalue weighted by atomic mass is 16.5. The summed E-state index contributed by atoms with van der Waals surface area (Å²) in [5.41, 5.74) is 9.02. The van der Waals surface area contributed by atoms with Crippen molar-refractivity contribution in [2.45, 2.75) is 38.7 Å². The van der Waals surface area contributed by atoms with Crippen LogP contribution in [-0.4, -0.2) is 6.10 Å². The first-order valence-corrected chi connectivity index (χ1v) is 13.1. The zero-order valence-corrected chi connectivity index (χ0v) is 21.7. The van der Waals surface area contributed by atoms with Gasteiger partial charge >= 0.3 is 0 Å². The molecule has 2 unspecified atom stereocenters. The minimum atomic E-state index is -0.0202. The molecule has 5 aromatic carbocycles. The maximum absolute atomic E-state index is 6.78. The summed E-state index contributed by atoms with van der Waals surface area (Å²) >= 11 is 0. The Hall–Kier alpha value is -4.10. The molecule has 1 nitrogen and oxygen atoms in total. The van der Waals surface area contributed by atoms with E-state index in [1.807, 2.05) is 18.2 Å². The normalized spacial score (nSPS) is 12.6. The molecule has 2 atom stereocenters. The minimum Gasteiger partial charge on any atom is -0.489 e. The fourth-order valence-corrected chi connectivity index (χ4v) is 5.24. The largest absolute Gasteiger partial charge is 0.489 e. The van der Waals surface area contributed by atoms with Crippen molar-refractivity contribution in [1.82, 2.24) is 0 Å². The van der Waals surface area contributed by atoms with Crippen LogP contribution in [-0.2, 0) is 12.8 Å². The standard InChI is InChI=1S/C36H34O/c1-27-22-28(2)24-30(23-27)25-35(33-20-18-32(19-21-33)31-14-8-4-9-15-31)36(26-29-12-6-3-7-13-29)37-34-16-10-5-11-17-34/h3-24,35-36H,25-26H2,1-2H3. The molecule has 0 spiro atoms. The fraction of sp³-hybridized carbons (Fsp3) is 0.167. The number of para-hydroxylation sites is 1. The maximum atomic E-state index is 6.78. The van der Waals surface area contributed by atoms with E-state index in [-0.39, 0.29) is 12.0 Å². The van der Waals surface area contributed by atoms with Gasteiger partial charge in [-0.25, -0.2) is 0 Å². The summed E-state index contributed by atoms with van der Waals surface area (Å²) in [5.74, 6) is 1.10. The molecule has 0 saturated carbocycles. The van der Waals surface area contributed by atoms with Gasteiger partial charge in [-0.1, -0.05) is 132 Å². The summed E-state index contributed by atoms with van der Waals surface area (Å²) in [6.07, 6.45) is 1.73.